The standard InChI is InChI=1S/C21H37NO/c1-3-5-7-9-11-12-14-17-21(18-16-19-22)23-20-15-13-10-8-6-4-2/h5-8,21H,3-4,9-18,20H2,1-2H3/b7-5-,8-6-. The fourth-order valence-corrected chi connectivity index (χ4v) is 2.53. The van der Waals surface area contributed by atoms with E-state index in [0.717, 1.165) is 45.1 Å². The van der Waals surface area contributed by atoms with Crippen LogP contribution < -0.4 is 0 Å². The predicted octanol–water partition coefficient (Wildman–Crippen LogP) is 6.73. The van der Waals surface area contributed by atoms with Crippen molar-refractivity contribution in [1.82, 2.24) is 0 Å². The molecule has 0 amide bonds. The van der Waals surface area contributed by atoms with Gasteiger partial charge in [0, 0.05) is 13.0 Å². The molecule has 0 saturated heterocycles. The molecule has 0 bridgehead atoms. The molecular formula is C21H37NO. The molecule has 0 aromatic carbocycles. The number of hydrogen-bond acceptors (Lipinski definition) is 2. The van der Waals surface area contributed by atoms with Crippen molar-refractivity contribution in [3.8, 4) is 6.07 Å². The van der Waals surface area contributed by atoms with Crippen molar-refractivity contribution in [2.75, 3.05) is 6.61 Å². The molecule has 0 spiro atoms. The summed E-state index contributed by atoms with van der Waals surface area (Å²) in [6, 6.07) is 2.25. The van der Waals surface area contributed by atoms with E-state index in [2.05, 4.69) is 44.2 Å². The minimum absolute atomic E-state index is 0.284. The summed E-state index contributed by atoms with van der Waals surface area (Å²) in [5, 5.41) is 8.78. The summed E-state index contributed by atoms with van der Waals surface area (Å²) in [7, 11) is 0. The largest absolute Gasteiger partial charge is 0.378 e. The zero-order valence-electron chi connectivity index (χ0n) is 15.4. The molecule has 0 aromatic rings. The van der Waals surface area contributed by atoms with Crippen LogP contribution in [0.5, 0.6) is 0 Å². The molecule has 2 nitrogen and oxygen atoms in total. The van der Waals surface area contributed by atoms with Crippen LogP contribution in [-0.2, 0) is 4.74 Å². The first-order valence-corrected chi connectivity index (χ1v) is 9.63. The Bertz CT molecular complexity index is 303. The Kier molecular flexibility index (Phi) is 18.1. The van der Waals surface area contributed by atoms with Gasteiger partial charge in [-0.15, -0.1) is 0 Å². The van der Waals surface area contributed by atoms with Gasteiger partial charge in [0.15, 0.2) is 0 Å². The molecule has 0 fully saturated rings. The monoisotopic (exact) mass is 319 g/mol. The first-order chi connectivity index (χ1) is 11.3. The number of nitriles is 1. The molecule has 0 aliphatic heterocycles. The van der Waals surface area contributed by atoms with Gasteiger partial charge >= 0.3 is 0 Å². The number of allylic oxidation sites excluding steroid dienone is 4. The summed E-state index contributed by atoms with van der Waals surface area (Å²) in [6.07, 6.45) is 22.6. The SMILES string of the molecule is CC/C=C\CCCCCC(CCC#N)OCCCC/C=C\CC. The first kappa shape index (κ1) is 21.9. The molecular weight excluding hydrogens is 282 g/mol. The van der Waals surface area contributed by atoms with E-state index >= 15 is 0 Å². The van der Waals surface area contributed by atoms with Gasteiger partial charge in [0.25, 0.3) is 0 Å². The van der Waals surface area contributed by atoms with Crippen molar-refractivity contribution in [2.24, 2.45) is 0 Å². The van der Waals surface area contributed by atoms with E-state index in [9.17, 15) is 0 Å². The molecule has 1 atom stereocenters. The van der Waals surface area contributed by atoms with Crippen LogP contribution in [0.1, 0.15) is 90.9 Å². The lowest BCUT2D eigenvalue weighted by Crippen LogP contribution is -2.13. The normalized spacial score (nSPS) is 12.9. The summed E-state index contributed by atoms with van der Waals surface area (Å²) in [4.78, 5) is 0. The molecule has 1 unspecified atom stereocenters. The van der Waals surface area contributed by atoms with Gasteiger partial charge in [-0.05, 0) is 57.8 Å². The highest BCUT2D eigenvalue weighted by Gasteiger charge is 2.08. The number of rotatable bonds is 16. The van der Waals surface area contributed by atoms with E-state index in [0.29, 0.717) is 6.42 Å². The van der Waals surface area contributed by atoms with Crippen LogP contribution in [-0.4, -0.2) is 12.7 Å². The highest BCUT2D eigenvalue weighted by Crippen LogP contribution is 2.14. The highest BCUT2D eigenvalue weighted by atomic mass is 16.5. The van der Waals surface area contributed by atoms with Gasteiger partial charge in [-0.1, -0.05) is 51.0 Å². The van der Waals surface area contributed by atoms with Gasteiger partial charge < -0.3 is 4.74 Å². The fourth-order valence-electron chi connectivity index (χ4n) is 2.53. The van der Waals surface area contributed by atoms with Crippen LogP contribution in [0.3, 0.4) is 0 Å². The molecule has 0 radical (unpaired) electrons. The minimum Gasteiger partial charge on any atom is -0.378 e. The summed E-state index contributed by atoms with van der Waals surface area (Å²) in [6.45, 7) is 5.18. The van der Waals surface area contributed by atoms with Crippen molar-refractivity contribution >= 4 is 0 Å². The molecule has 0 N–H and O–H groups in total. The van der Waals surface area contributed by atoms with E-state index in [1.54, 1.807) is 0 Å². The maximum atomic E-state index is 8.78. The Labute approximate surface area is 144 Å². The molecule has 23 heavy (non-hydrogen) atoms. The molecule has 0 aliphatic rings. The third kappa shape index (κ3) is 17.1. The molecule has 0 rings (SSSR count). The Morgan fingerprint density at radius 3 is 2.09 bits per heavy atom. The van der Waals surface area contributed by atoms with Crippen molar-refractivity contribution < 1.29 is 4.74 Å². The van der Waals surface area contributed by atoms with Crippen LogP contribution in [0.2, 0.25) is 0 Å². The van der Waals surface area contributed by atoms with Crippen molar-refractivity contribution in [3.05, 3.63) is 24.3 Å². The van der Waals surface area contributed by atoms with Crippen LogP contribution >= 0.6 is 0 Å². The third-order valence-electron chi connectivity index (χ3n) is 3.90. The lowest BCUT2D eigenvalue weighted by atomic mass is 10.1. The van der Waals surface area contributed by atoms with Crippen molar-refractivity contribution in [2.45, 2.75) is 97.0 Å². The molecule has 0 heterocycles. The average Bonchev–Trinajstić information content (AvgIpc) is 2.57. The maximum Gasteiger partial charge on any atom is 0.0622 e. The second-order valence-corrected chi connectivity index (χ2v) is 6.08. The summed E-state index contributed by atoms with van der Waals surface area (Å²) in [5.41, 5.74) is 0. The smallest absolute Gasteiger partial charge is 0.0622 e. The van der Waals surface area contributed by atoms with Gasteiger partial charge in [0.1, 0.15) is 0 Å². The van der Waals surface area contributed by atoms with Crippen LogP contribution in [0.15, 0.2) is 24.3 Å². The molecule has 0 saturated carbocycles. The second-order valence-electron chi connectivity index (χ2n) is 6.08. The number of unbranched alkanes of at least 4 members (excludes halogenated alkanes) is 5. The van der Waals surface area contributed by atoms with Gasteiger partial charge in [-0.2, -0.15) is 5.26 Å². The van der Waals surface area contributed by atoms with Crippen LogP contribution in [0, 0.1) is 11.3 Å². The molecule has 132 valence electrons. The summed E-state index contributed by atoms with van der Waals surface area (Å²) >= 11 is 0. The number of nitrogens with zero attached hydrogens (tertiary/aromatic N) is 1. The van der Waals surface area contributed by atoms with Gasteiger partial charge in [-0.3, -0.25) is 0 Å². The Morgan fingerprint density at radius 1 is 0.826 bits per heavy atom. The topological polar surface area (TPSA) is 33.0 Å². The number of ether oxygens (including phenoxy) is 1. The third-order valence-corrected chi connectivity index (χ3v) is 3.90. The second kappa shape index (κ2) is 19.0. The highest BCUT2D eigenvalue weighted by molar-refractivity contribution is 4.80. The van der Waals surface area contributed by atoms with E-state index in [4.69, 9.17) is 10.00 Å². The average molecular weight is 320 g/mol. The Hall–Kier alpha value is -1.07. The van der Waals surface area contributed by atoms with E-state index in [1.165, 1.54) is 32.1 Å². The zero-order valence-corrected chi connectivity index (χ0v) is 15.4. The van der Waals surface area contributed by atoms with Gasteiger partial charge in [0.2, 0.25) is 0 Å². The van der Waals surface area contributed by atoms with Gasteiger partial charge in [-0.25, -0.2) is 0 Å². The van der Waals surface area contributed by atoms with Crippen molar-refractivity contribution in [1.29, 1.82) is 5.26 Å². The Balaban J connectivity index is 3.69. The maximum absolute atomic E-state index is 8.78. The predicted molar refractivity (Wildman–Crippen MR) is 100 cm³/mol. The van der Waals surface area contributed by atoms with Gasteiger partial charge in [0.05, 0.1) is 12.2 Å². The van der Waals surface area contributed by atoms with E-state index in [-0.39, 0.29) is 6.10 Å². The fraction of sp³-hybridized carbons (Fsp3) is 0.762. The lowest BCUT2D eigenvalue weighted by Gasteiger charge is -2.16. The van der Waals surface area contributed by atoms with E-state index in [1.807, 2.05) is 0 Å². The summed E-state index contributed by atoms with van der Waals surface area (Å²) in [5.74, 6) is 0. The molecule has 2 heteroatoms. The Morgan fingerprint density at radius 2 is 1.48 bits per heavy atom. The molecule has 0 aliphatic carbocycles. The summed E-state index contributed by atoms with van der Waals surface area (Å²) < 4.78 is 6.01. The quantitative estimate of drug-likeness (QED) is 0.233. The van der Waals surface area contributed by atoms with Crippen LogP contribution in [0.4, 0.5) is 0 Å². The van der Waals surface area contributed by atoms with Crippen molar-refractivity contribution in [3.63, 3.8) is 0 Å². The minimum atomic E-state index is 0.284. The lowest BCUT2D eigenvalue weighted by molar-refractivity contribution is 0.0387. The first-order valence-electron chi connectivity index (χ1n) is 9.63. The number of hydrogen-bond donors (Lipinski definition) is 0. The zero-order chi connectivity index (χ0) is 17.0. The molecule has 0 aromatic heterocycles. The van der Waals surface area contributed by atoms with Crippen LogP contribution in [0.25, 0.3) is 0 Å². The van der Waals surface area contributed by atoms with E-state index < -0.39 is 0 Å².